The van der Waals surface area contributed by atoms with Gasteiger partial charge in [-0.3, -0.25) is 4.79 Å². The maximum absolute atomic E-state index is 13.1. The number of nitrogens with zero attached hydrogens (tertiary/aromatic N) is 1. The lowest BCUT2D eigenvalue weighted by Gasteiger charge is -2.36. The van der Waals surface area contributed by atoms with Gasteiger partial charge in [0, 0.05) is 17.6 Å². The topological polar surface area (TPSA) is 32.3 Å². The Morgan fingerprint density at radius 1 is 1.48 bits per heavy atom. The number of carbonyl (C=O) groups excluding carboxylic acids is 1. The van der Waals surface area contributed by atoms with Crippen LogP contribution >= 0.6 is 11.6 Å². The summed E-state index contributed by atoms with van der Waals surface area (Å²) in [6, 6.07) is 7.92. The minimum atomic E-state index is -0.372. The van der Waals surface area contributed by atoms with Crippen molar-refractivity contribution in [2.45, 2.75) is 58.2 Å². The average molecular weight is 309 g/mol. The van der Waals surface area contributed by atoms with Gasteiger partial charge in [-0.05, 0) is 57.4 Å². The number of benzene rings is 1. The minimum Gasteiger partial charge on any atom is -0.334 e. The first kappa shape index (κ1) is 16.3. The Kier molecular flexibility index (Phi) is 5.28. The molecule has 1 N–H and O–H groups in total. The van der Waals surface area contributed by atoms with Crippen molar-refractivity contribution in [2.24, 2.45) is 0 Å². The predicted molar refractivity (Wildman–Crippen MR) is 87.4 cm³/mol. The molecule has 0 aromatic heterocycles. The predicted octanol–water partition coefficient (Wildman–Crippen LogP) is 3.61. The summed E-state index contributed by atoms with van der Waals surface area (Å²) in [5.74, 6) is 0.220. The maximum atomic E-state index is 13.1. The molecule has 1 atom stereocenters. The summed E-state index contributed by atoms with van der Waals surface area (Å²) in [6.07, 6.45) is 2.84. The molecule has 0 saturated carbocycles. The molecule has 1 aromatic rings. The average Bonchev–Trinajstić information content (AvgIpc) is 2.94. The van der Waals surface area contributed by atoms with Crippen molar-refractivity contribution in [3.05, 3.63) is 34.9 Å². The molecule has 0 bridgehead atoms. The van der Waals surface area contributed by atoms with Crippen LogP contribution in [0.15, 0.2) is 24.3 Å². The van der Waals surface area contributed by atoms with E-state index in [2.05, 4.69) is 26.1 Å². The molecule has 1 saturated heterocycles. The van der Waals surface area contributed by atoms with Crippen LogP contribution < -0.4 is 5.32 Å². The number of carbonyl (C=O) groups is 1. The van der Waals surface area contributed by atoms with Gasteiger partial charge < -0.3 is 10.2 Å². The third-order valence-electron chi connectivity index (χ3n) is 4.38. The van der Waals surface area contributed by atoms with E-state index in [1.807, 2.05) is 29.2 Å². The second-order valence-electron chi connectivity index (χ2n) is 6.12. The van der Waals surface area contributed by atoms with Crippen LogP contribution in [0, 0.1) is 0 Å². The Hall–Kier alpha value is -1.06. The molecule has 1 aliphatic rings. The number of amides is 1. The van der Waals surface area contributed by atoms with Crippen molar-refractivity contribution < 1.29 is 4.79 Å². The van der Waals surface area contributed by atoms with Gasteiger partial charge in [0.15, 0.2) is 0 Å². The molecule has 3 nitrogen and oxygen atoms in total. The van der Waals surface area contributed by atoms with Crippen molar-refractivity contribution in [3.8, 4) is 0 Å². The van der Waals surface area contributed by atoms with Crippen molar-refractivity contribution in [3.63, 3.8) is 0 Å². The summed E-state index contributed by atoms with van der Waals surface area (Å²) in [4.78, 5) is 15.0. The van der Waals surface area contributed by atoms with Gasteiger partial charge in [0.1, 0.15) is 0 Å². The van der Waals surface area contributed by atoms with E-state index in [4.69, 9.17) is 11.6 Å². The lowest BCUT2D eigenvalue weighted by Crippen LogP contribution is -2.56. The number of hydrogen-bond acceptors (Lipinski definition) is 2. The second-order valence-corrected chi connectivity index (χ2v) is 6.56. The second kappa shape index (κ2) is 6.80. The standard InChI is InChI=1S/C17H25ClN2O/c1-4-17(9-6-10-19-17)16(21)20(13(2)3)12-14-7-5-8-15(18)11-14/h5,7-8,11,13,19H,4,6,9-10,12H2,1-3H3. The molecular weight excluding hydrogens is 284 g/mol. The monoisotopic (exact) mass is 308 g/mol. The molecule has 0 aliphatic carbocycles. The highest BCUT2D eigenvalue weighted by Gasteiger charge is 2.42. The highest BCUT2D eigenvalue weighted by atomic mass is 35.5. The van der Waals surface area contributed by atoms with Crippen molar-refractivity contribution in [2.75, 3.05) is 6.54 Å². The van der Waals surface area contributed by atoms with Crippen LogP contribution in [0.5, 0.6) is 0 Å². The fourth-order valence-electron chi connectivity index (χ4n) is 3.04. The summed E-state index contributed by atoms with van der Waals surface area (Å²) in [5.41, 5.74) is 0.705. The molecule has 1 fully saturated rings. The summed E-state index contributed by atoms with van der Waals surface area (Å²) in [6.45, 7) is 7.78. The molecule has 1 amide bonds. The summed E-state index contributed by atoms with van der Waals surface area (Å²) in [7, 11) is 0. The molecule has 1 unspecified atom stereocenters. The van der Waals surface area contributed by atoms with Crippen molar-refractivity contribution >= 4 is 17.5 Å². The molecule has 0 spiro atoms. The highest BCUT2D eigenvalue weighted by molar-refractivity contribution is 6.30. The van der Waals surface area contributed by atoms with E-state index in [0.29, 0.717) is 11.6 Å². The van der Waals surface area contributed by atoms with Crippen LogP contribution in [0.2, 0.25) is 5.02 Å². The molecule has 116 valence electrons. The number of nitrogens with one attached hydrogen (secondary N) is 1. The smallest absolute Gasteiger partial charge is 0.243 e. The van der Waals surface area contributed by atoms with Gasteiger partial charge in [-0.1, -0.05) is 30.7 Å². The first-order chi connectivity index (χ1) is 9.98. The molecule has 1 aliphatic heterocycles. The molecule has 0 radical (unpaired) electrons. The van der Waals surface area contributed by atoms with Gasteiger partial charge in [-0.15, -0.1) is 0 Å². The quantitative estimate of drug-likeness (QED) is 0.901. The zero-order valence-corrected chi connectivity index (χ0v) is 13.9. The van der Waals surface area contributed by atoms with Crippen LogP contribution in [0.1, 0.15) is 45.6 Å². The Morgan fingerprint density at radius 3 is 2.76 bits per heavy atom. The SMILES string of the molecule is CCC1(C(=O)N(Cc2cccc(Cl)c2)C(C)C)CCCN1. The summed E-state index contributed by atoms with van der Waals surface area (Å²) in [5, 5.41) is 4.15. The van der Waals surface area contributed by atoms with Crippen LogP contribution in [0.3, 0.4) is 0 Å². The third-order valence-corrected chi connectivity index (χ3v) is 4.62. The number of halogens is 1. The maximum Gasteiger partial charge on any atom is 0.243 e. The lowest BCUT2D eigenvalue weighted by molar-refractivity contribution is -0.140. The van der Waals surface area contributed by atoms with E-state index in [-0.39, 0.29) is 17.5 Å². The van der Waals surface area contributed by atoms with Crippen molar-refractivity contribution in [1.29, 1.82) is 0 Å². The zero-order chi connectivity index (χ0) is 15.5. The van der Waals surface area contributed by atoms with E-state index < -0.39 is 0 Å². The Balaban J connectivity index is 2.20. The largest absolute Gasteiger partial charge is 0.334 e. The van der Waals surface area contributed by atoms with Crippen LogP contribution in [0.25, 0.3) is 0 Å². The Bertz CT molecular complexity index is 495. The van der Waals surface area contributed by atoms with Gasteiger partial charge in [0.05, 0.1) is 5.54 Å². The van der Waals surface area contributed by atoms with E-state index >= 15 is 0 Å². The first-order valence-corrected chi connectivity index (χ1v) is 8.17. The van der Waals surface area contributed by atoms with Crippen LogP contribution in [-0.2, 0) is 11.3 Å². The van der Waals surface area contributed by atoms with Gasteiger partial charge in [-0.2, -0.15) is 0 Å². The van der Waals surface area contributed by atoms with E-state index in [1.165, 1.54) is 0 Å². The van der Waals surface area contributed by atoms with Gasteiger partial charge in [-0.25, -0.2) is 0 Å². The third kappa shape index (κ3) is 3.58. The number of rotatable bonds is 5. The zero-order valence-electron chi connectivity index (χ0n) is 13.2. The normalized spacial score (nSPS) is 21.8. The van der Waals surface area contributed by atoms with E-state index in [1.54, 1.807) is 0 Å². The lowest BCUT2D eigenvalue weighted by atomic mass is 9.91. The van der Waals surface area contributed by atoms with E-state index in [0.717, 1.165) is 31.4 Å². The first-order valence-electron chi connectivity index (χ1n) is 7.79. The summed E-state index contributed by atoms with van der Waals surface area (Å²) >= 11 is 6.05. The van der Waals surface area contributed by atoms with Crippen molar-refractivity contribution in [1.82, 2.24) is 10.2 Å². The van der Waals surface area contributed by atoms with Gasteiger partial charge in [0.2, 0.25) is 5.91 Å². The summed E-state index contributed by atoms with van der Waals surface area (Å²) < 4.78 is 0. The Labute approximate surface area is 132 Å². The molecule has 4 heteroatoms. The fraction of sp³-hybridized carbons (Fsp3) is 0.588. The van der Waals surface area contributed by atoms with E-state index in [9.17, 15) is 4.79 Å². The molecule has 21 heavy (non-hydrogen) atoms. The fourth-order valence-corrected chi connectivity index (χ4v) is 3.25. The molecule has 1 aromatic carbocycles. The minimum absolute atomic E-state index is 0.169. The van der Waals surface area contributed by atoms with Crippen LogP contribution in [-0.4, -0.2) is 28.9 Å². The van der Waals surface area contributed by atoms with Crippen LogP contribution in [0.4, 0.5) is 0 Å². The Morgan fingerprint density at radius 2 is 2.24 bits per heavy atom. The van der Waals surface area contributed by atoms with Gasteiger partial charge in [0.25, 0.3) is 0 Å². The number of hydrogen-bond donors (Lipinski definition) is 1. The highest BCUT2D eigenvalue weighted by Crippen LogP contribution is 2.27. The molecule has 1 heterocycles. The molecular formula is C17H25ClN2O. The molecule has 2 rings (SSSR count). The van der Waals surface area contributed by atoms with Gasteiger partial charge >= 0.3 is 0 Å².